The van der Waals surface area contributed by atoms with E-state index in [2.05, 4.69) is 10.3 Å². The predicted molar refractivity (Wildman–Crippen MR) is 88.7 cm³/mol. The van der Waals surface area contributed by atoms with Crippen molar-refractivity contribution < 1.29 is 9.53 Å². The third kappa shape index (κ3) is 3.23. The van der Waals surface area contributed by atoms with E-state index >= 15 is 0 Å². The van der Waals surface area contributed by atoms with E-state index in [4.69, 9.17) is 4.74 Å². The van der Waals surface area contributed by atoms with Crippen molar-refractivity contribution in [1.29, 1.82) is 0 Å². The Morgan fingerprint density at radius 1 is 1.13 bits per heavy atom. The number of aromatic nitrogens is 1. The molecule has 0 spiro atoms. The maximum Gasteiger partial charge on any atom is 0.261 e. The van der Waals surface area contributed by atoms with Crippen LogP contribution in [-0.4, -0.2) is 18.0 Å². The number of aromatic amines is 1. The molecule has 0 aliphatic rings. The molecule has 116 valence electrons. The number of para-hydroxylation sites is 1. The summed E-state index contributed by atoms with van der Waals surface area (Å²) in [6, 6.07) is 16.3. The number of ether oxygens (including phenoxy) is 1. The molecule has 2 N–H and O–H groups in total. The summed E-state index contributed by atoms with van der Waals surface area (Å²) in [5.41, 5.74) is 1.36. The molecule has 0 fully saturated rings. The summed E-state index contributed by atoms with van der Waals surface area (Å²) in [4.78, 5) is 27.0. The number of rotatable bonds is 4. The largest absolute Gasteiger partial charge is 0.497 e. The van der Waals surface area contributed by atoms with Crippen molar-refractivity contribution in [3.63, 3.8) is 0 Å². The van der Waals surface area contributed by atoms with Crippen LogP contribution >= 0.6 is 0 Å². The summed E-state index contributed by atoms with van der Waals surface area (Å²) in [7, 11) is 1.60. The minimum Gasteiger partial charge on any atom is -0.497 e. The Bertz CT molecular complexity index is 898. The number of carbonyl (C=O) groups excluding carboxylic acids is 1. The zero-order chi connectivity index (χ0) is 16.2. The Morgan fingerprint density at radius 2 is 1.87 bits per heavy atom. The van der Waals surface area contributed by atoms with Gasteiger partial charge in [0.25, 0.3) is 11.5 Å². The lowest BCUT2D eigenvalue weighted by Crippen LogP contribution is -2.29. The number of amides is 1. The van der Waals surface area contributed by atoms with E-state index in [1.165, 1.54) is 0 Å². The van der Waals surface area contributed by atoms with E-state index in [0.717, 1.165) is 16.7 Å². The lowest BCUT2D eigenvalue weighted by molar-refractivity contribution is 0.0949. The van der Waals surface area contributed by atoms with Crippen LogP contribution in [0.15, 0.2) is 59.4 Å². The molecule has 0 atom stereocenters. The van der Waals surface area contributed by atoms with Gasteiger partial charge in [-0.3, -0.25) is 9.59 Å². The minimum atomic E-state index is -0.396. The second-order valence-corrected chi connectivity index (χ2v) is 5.13. The number of nitrogens with one attached hydrogen (secondary N) is 2. The number of methoxy groups -OCH3 is 1. The van der Waals surface area contributed by atoms with Crippen LogP contribution in [0.4, 0.5) is 0 Å². The van der Waals surface area contributed by atoms with E-state index in [1.54, 1.807) is 19.2 Å². The molecule has 3 aromatic rings. The molecule has 0 saturated carbocycles. The first-order chi connectivity index (χ1) is 11.2. The van der Waals surface area contributed by atoms with Crippen LogP contribution in [0.3, 0.4) is 0 Å². The third-order valence-corrected chi connectivity index (χ3v) is 3.61. The number of benzene rings is 2. The molecule has 2 aromatic carbocycles. The molecule has 0 saturated heterocycles. The number of hydrogen-bond acceptors (Lipinski definition) is 3. The Hall–Kier alpha value is -3.08. The van der Waals surface area contributed by atoms with Crippen LogP contribution in [-0.2, 0) is 6.54 Å². The molecule has 1 amide bonds. The zero-order valence-electron chi connectivity index (χ0n) is 12.6. The molecule has 0 bridgehead atoms. The summed E-state index contributed by atoms with van der Waals surface area (Å²) >= 11 is 0. The van der Waals surface area contributed by atoms with Gasteiger partial charge in [-0.25, -0.2) is 0 Å². The molecular formula is C18H16N2O3. The van der Waals surface area contributed by atoms with Crippen LogP contribution < -0.4 is 15.6 Å². The van der Waals surface area contributed by atoms with Gasteiger partial charge < -0.3 is 15.0 Å². The Labute approximate surface area is 132 Å². The molecule has 0 radical (unpaired) electrons. The van der Waals surface area contributed by atoms with Gasteiger partial charge in [0.1, 0.15) is 11.3 Å². The molecule has 0 unspecified atom stereocenters. The first kappa shape index (κ1) is 14.8. The zero-order valence-corrected chi connectivity index (χ0v) is 12.6. The van der Waals surface area contributed by atoms with Crippen molar-refractivity contribution in [2.75, 3.05) is 7.11 Å². The van der Waals surface area contributed by atoms with Gasteiger partial charge in [-0.1, -0.05) is 30.3 Å². The molecule has 0 aliphatic carbocycles. The van der Waals surface area contributed by atoms with E-state index in [0.29, 0.717) is 12.1 Å². The predicted octanol–water partition coefficient (Wildman–Crippen LogP) is 2.47. The third-order valence-electron chi connectivity index (χ3n) is 3.61. The monoisotopic (exact) mass is 308 g/mol. The number of H-pyrrole nitrogens is 1. The fourth-order valence-electron chi connectivity index (χ4n) is 2.34. The molecule has 23 heavy (non-hydrogen) atoms. The van der Waals surface area contributed by atoms with Crippen LogP contribution in [0, 0.1) is 0 Å². The van der Waals surface area contributed by atoms with Gasteiger partial charge in [0.15, 0.2) is 0 Å². The summed E-state index contributed by atoms with van der Waals surface area (Å²) in [6.45, 7) is 0.342. The highest BCUT2D eigenvalue weighted by Crippen LogP contribution is 2.12. The van der Waals surface area contributed by atoms with Crippen molar-refractivity contribution in [3.05, 3.63) is 76.1 Å². The number of carbonyl (C=O) groups is 1. The maximum atomic E-state index is 12.2. The topological polar surface area (TPSA) is 71.2 Å². The van der Waals surface area contributed by atoms with Crippen LogP contribution in [0.25, 0.3) is 10.9 Å². The van der Waals surface area contributed by atoms with Crippen LogP contribution in [0.5, 0.6) is 5.75 Å². The number of fused-ring (bicyclic) bond motifs is 1. The Morgan fingerprint density at radius 3 is 2.61 bits per heavy atom. The van der Waals surface area contributed by atoms with Gasteiger partial charge in [-0.15, -0.1) is 0 Å². The standard InChI is InChI=1S/C18H16N2O3/c1-23-14-8-6-12(7-9-14)11-19-17(21)15-10-13-4-2-3-5-16(13)20-18(15)22/h2-10H,11H2,1H3,(H,19,21)(H,20,22). The Kier molecular flexibility index (Phi) is 4.10. The molecule has 5 nitrogen and oxygen atoms in total. The fraction of sp³-hybridized carbons (Fsp3) is 0.111. The minimum absolute atomic E-state index is 0.109. The number of pyridine rings is 1. The first-order valence-corrected chi connectivity index (χ1v) is 7.20. The maximum absolute atomic E-state index is 12.2. The van der Waals surface area contributed by atoms with Crippen molar-refractivity contribution in [2.45, 2.75) is 6.54 Å². The van der Waals surface area contributed by atoms with Gasteiger partial charge in [-0.2, -0.15) is 0 Å². The highest BCUT2D eigenvalue weighted by Gasteiger charge is 2.11. The molecule has 0 aliphatic heterocycles. The van der Waals surface area contributed by atoms with Crippen molar-refractivity contribution in [3.8, 4) is 5.75 Å². The Balaban J connectivity index is 1.77. The summed E-state index contributed by atoms with van der Waals surface area (Å²) in [5.74, 6) is 0.360. The van der Waals surface area contributed by atoms with Gasteiger partial charge in [0.2, 0.25) is 0 Å². The lowest BCUT2D eigenvalue weighted by atomic mass is 10.1. The fourth-order valence-corrected chi connectivity index (χ4v) is 2.34. The van der Waals surface area contributed by atoms with E-state index < -0.39 is 11.5 Å². The molecular weight excluding hydrogens is 292 g/mol. The SMILES string of the molecule is COc1ccc(CNC(=O)c2cc3ccccc3[nH]c2=O)cc1. The normalized spacial score (nSPS) is 10.5. The molecule has 5 heteroatoms. The van der Waals surface area contributed by atoms with E-state index in [-0.39, 0.29) is 5.56 Å². The second-order valence-electron chi connectivity index (χ2n) is 5.13. The summed E-state index contributed by atoms with van der Waals surface area (Å²) < 4.78 is 5.09. The van der Waals surface area contributed by atoms with E-state index in [9.17, 15) is 9.59 Å². The first-order valence-electron chi connectivity index (χ1n) is 7.20. The van der Waals surface area contributed by atoms with Crippen molar-refractivity contribution in [2.24, 2.45) is 0 Å². The quantitative estimate of drug-likeness (QED) is 0.778. The molecule has 3 rings (SSSR count). The van der Waals surface area contributed by atoms with Gasteiger partial charge in [-0.05, 0) is 35.2 Å². The van der Waals surface area contributed by atoms with Gasteiger partial charge >= 0.3 is 0 Å². The smallest absolute Gasteiger partial charge is 0.261 e. The van der Waals surface area contributed by atoms with E-state index in [1.807, 2.05) is 42.5 Å². The lowest BCUT2D eigenvalue weighted by Gasteiger charge is -2.07. The second kappa shape index (κ2) is 6.36. The molecule has 1 heterocycles. The van der Waals surface area contributed by atoms with Crippen LogP contribution in [0.1, 0.15) is 15.9 Å². The molecule has 1 aromatic heterocycles. The van der Waals surface area contributed by atoms with Crippen molar-refractivity contribution in [1.82, 2.24) is 10.3 Å². The average Bonchev–Trinajstić information content (AvgIpc) is 2.59. The highest BCUT2D eigenvalue weighted by molar-refractivity contribution is 5.97. The summed E-state index contributed by atoms with van der Waals surface area (Å²) in [6.07, 6.45) is 0. The summed E-state index contributed by atoms with van der Waals surface area (Å²) in [5, 5.41) is 3.58. The highest BCUT2D eigenvalue weighted by atomic mass is 16.5. The van der Waals surface area contributed by atoms with Gasteiger partial charge in [0.05, 0.1) is 7.11 Å². The van der Waals surface area contributed by atoms with Crippen molar-refractivity contribution >= 4 is 16.8 Å². The number of hydrogen-bond donors (Lipinski definition) is 2. The average molecular weight is 308 g/mol. The van der Waals surface area contributed by atoms with Gasteiger partial charge in [0, 0.05) is 12.1 Å². The van der Waals surface area contributed by atoms with Crippen LogP contribution in [0.2, 0.25) is 0 Å².